The predicted octanol–water partition coefficient (Wildman–Crippen LogP) is 0.201. The minimum absolute atomic E-state index is 0. The van der Waals surface area contributed by atoms with E-state index in [9.17, 15) is 4.79 Å². The van der Waals surface area contributed by atoms with E-state index in [1.165, 1.54) is 0 Å². The van der Waals surface area contributed by atoms with Crippen LogP contribution in [-0.2, 0) is 4.79 Å². The standard InChI is InChI=1S/C7H15NO2.K.H/c1-3-4-5-8-6(2)7(9)10;;/h6,8H,3-5H2,1-2H3,(H,9,10);;/t6-;;/m0../s1. The molecule has 0 saturated carbocycles. The molecule has 2 N–H and O–H groups in total. The average Bonchev–Trinajstić information content (AvgIpc) is 1.88. The van der Waals surface area contributed by atoms with Crippen molar-refractivity contribution < 1.29 is 9.90 Å². The van der Waals surface area contributed by atoms with Crippen LogP contribution in [0.3, 0.4) is 0 Å². The summed E-state index contributed by atoms with van der Waals surface area (Å²) in [5.74, 6) is -0.781. The van der Waals surface area contributed by atoms with Gasteiger partial charge in [-0.05, 0) is 19.9 Å². The van der Waals surface area contributed by atoms with E-state index in [0.29, 0.717) is 0 Å². The Labute approximate surface area is 110 Å². The summed E-state index contributed by atoms with van der Waals surface area (Å²) in [5, 5.41) is 11.3. The molecule has 0 fully saturated rings. The second-order valence-electron chi connectivity index (χ2n) is 2.37. The third-order valence-corrected chi connectivity index (χ3v) is 1.35. The first-order valence-corrected chi connectivity index (χ1v) is 3.64. The van der Waals surface area contributed by atoms with E-state index in [0.717, 1.165) is 19.4 Å². The maximum atomic E-state index is 10.2. The summed E-state index contributed by atoms with van der Waals surface area (Å²) in [5.41, 5.74) is 0. The summed E-state index contributed by atoms with van der Waals surface area (Å²) >= 11 is 0. The molecule has 0 bridgehead atoms. The van der Waals surface area contributed by atoms with E-state index in [2.05, 4.69) is 12.2 Å². The minimum atomic E-state index is -0.781. The van der Waals surface area contributed by atoms with Crippen molar-refractivity contribution in [3.05, 3.63) is 0 Å². The van der Waals surface area contributed by atoms with Crippen LogP contribution in [0.15, 0.2) is 0 Å². The fraction of sp³-hybridized carbons (Fsp3) is 0.857. The zero-order chi connectivity index (χ0) is 7.98. The zero-order valence-electron chi connectivity index (χ0n) is 6.55. The monoisotopic (exact) mass is 185 g/mol. The first-order valence-electron chi connectivity index (χ1n) is 3.64. The number of aliphatic carboxylic acids is 1. The third kappa shape index (κ3) is 8.98. The first-order chi connectivity index (χ1) is 4.68. The van der Waals surface area contributed by atoms with Gasteiger partial charge in [-0.1, -0.05) is 13.3 Å². The van der Waals surface area contributed by atoms with Crippen LogP contribution in [0, 0.1) is 0 Å². The van der Waals surface area contributed by atoms with E-state index < -0.39 is 12.0 Å². The molecule has 0 aliphatic rings. The number of hydrogen-bond acceptors (Lipinski definition) is 2. The van der Waals surface area contributed by atoms with Crippen molar-refractivity contribution in [1.82, 2.24) is 5.32 Å². The van der Waals surface area contributed by atoms with Gasteiger partial charge in [0.2, 0.25) is 0 Å². The number of hydrogen-bond donors (Lipinski definition) is 2. The second kappa shape index (κ2) is 9.16. The van der Waals surface area contributed by atoms with Gasteiger partial charge in [0.15, 0.2) is 0 Å². The summed E-state index contributed by atoms with van der Waals surface area (Å²) in [6, 6.07) is -0.411. The van der Waals surface area contributed by atoms with E-state index in [4.69, 9.17) is 5.11 Å². The van der Waals surface area contributed by atoms with Crippen molar-refractivity contribution >= 4 is 57.4 Å². The fourth-order valence-electron chi connectivity index (χ4n) is 0.583. The maximum absolute atomic E-state index is 10.2. The SMILES string of the molecule is CCCCN[C@@H](C)C(=O)O.[KH]. The first kappa shape index (κ1) is 14.6. The van der Waals surface area contributed by atoms with Crippen molar-refractivity contribution in [1.29, 1.82) is 0 Å². The van der Waals surface area contributed by atoms with E-state index >= 15 is 0 Å². The van der Waals surface area contributed by atoms with Crippen molar-refractivity contribution in [2.45, 2.75) is 32.7 Å². The number of unbranched alkanes of at least 4 members (excludes halogenated alkanes) is 1. The van der Waals surface area contributed by atoms with E-state index in [1.807, 2.05) is 0 Å². The van der Waals surface area contributed by atoms with Crippen LogP contribution >= 0.6 is 0 Å². The van der Waals surface area contributed by atoms with Crippen molar-refractivity contribution in [2.24, 2.45) is 0 Å². The van der Waals surface area contributed by atoms with E-state index in [-0.39, 0.29) is 51.4 Å². The fourth-order valence-corrected chi connectivity index (χ4v) is 0.583. The van der Waals surface area contributed by atoms with Crippen LogP contribution in [0.4, 0.5) is 0 Å². The molecule has 0 aromatic rings. The molecule has 3 nitrogen and oxygen atoms in total. The molecule has 1 atom stereocenters. The van der Waals surface area contributed by atoms with Crippen LogP contribution < -0.4 is 5.32 Å². The van der Waals surface area contributed by atoms with Gasteiger partial charge >= 0.3 is 57.4 Å². The zero-order valence-corrected chi connectivity index (χ0v) is 6.55. The van der Waals surface area contributed by atoms with Crippen LogP contribution in [0.1, 0.15) is 26.7 Å². The van der Waals surface area contributed by atoms with Gasteiger partial charge in [-0.15, -0.1) is 0 Å². The van der Waals surface area contributed by atoms with Crippen molar-refractivity contribution in [3.63, 3.8) is 0 Å². The Balaban J connectivity index is 0. The Hall–Kier alpha value is 1.07. The average molecular weight is 185 g/mol. The van der Waals surface area contributed by atoms with Crippen molar-refractivity contribution in [2.75, 3.05) is 6.54 Å². The van der Waals surface area contributed by atoms with Gasteiger partial charge in [0, 0.05) is 0 Å². The van der Waals surface area contributed by atoms with Gasteiger partial charge in [-0.2, -0.15) is 0 Å². The normalized spacial score (nSPS) is 11.8. The van der Waals surface area contributed by atoms with Gasteiger partial charge in [0.25, 0.3) is 0 Å². The number of nitrogens with one attached hydrogen (secondary N) is 1. The van der Waals surface area contributed by atoms with Gasteiger partial charge in [-0.3, -0.25) is 4.79 Å². The van der Waals surface area contributed by atoms with Crippen molar-refractivity contribution in [3.8, 4) is 0 Å². The number of carboxylic acids is 1. The molecular weight excluding hydrogens is 169 g/mol. The summed E-state index contributed by atoms with van der Waals surface area (Å²) in [7, 11) is 0. The van der Waals surface area contributed by atoms with Gasteiger partial charge in [-0.25, -0.2) is 0 Å². The molecule has 0 spiro atoms. The van der Waals surface area contributed by atoms with Crippen LogP contribution in [0.25, 0.3) is 0 Å². The molecule has 4 heteroatoms. The Bertz CT molecular complexity index is 109. The summed E-state index contributed by atoms with van der Waals surface area (Å²) in [4.78, 5) is 10.2. The summed E-state index contributed by atoms with van der Waals surface area (Å²) < 4.78 is 0. The molecule has 0 amide bonds. The quantitative estimate of drug-likeness (QED) is 0.475. The van der Waals surface area contributed by atoms with Gasteiger partial charge < -0.3 is 10.4 Å². The number of carboxylic acid groups (broad SMARTS) is 1. The third-order valence-electron chi connectivity index (χ3n) is 1.35. The Morgan fingerprint density at radius 3 is 2.55 bits per heavy atom. The Kier molecular flexibility index (Phi) is 12.1. The van der Waals surface area contributed by atoms with Crippen LogP contribution in [0.5, 0.6) is 0 Å². The molecule has 0 radical (unpaired) electrons. The molecule has 11 heavy (non-hydrogen) atoms. The molecule has 62 valence electrons. The topological polar surface area (TPSA) is 49.3 Å². The van der Waals surface area contributed by atoms with Gasteiger partial charge in [0.1, 0.15) is 6.04 Å². The molecule has 0 rings (SSSR count). The molecule has 0 aliphatic carbocycles. The molecule has 0 aromatic carbocycles. The number of rotatable bonds is 5. The molecular formula is C7H16KNO2. The summed E-state index contributed by atoms with van der Waals surface area (Å²) in [6.07, 6.45) is 2.14. The molecule has 0 unspecified atom stereocenters. The Morgan fingerprint density at radius 1 is 1.64 bits per heavy atom. The molecule has 0 heterocycles. The van der Waals surface area contributed by atoms with Crippen LogP contribution in [0.2, 0.25) is 0 Å². The molecule has 0 aromatic heterocycles. The molecule has 0 aliphatic heterocycles. The Morgan fingerprint density at radius 2 is 2.18 bits per heavy atom. The van der Waals surface area contributed by atoms with E-state index in [1.54, 1.807) is 6.92 Å². The number of carbonyl (C=O) groups is 1. The second-order valence-corrected chi connectivity index (χ2v) is 2.37. The summed E-state index contributed by atoms with van der Waals surface area (Å²) in [6.45, 7) is 4.52. The van der Waals surface area contributed by atoms with Gasteiger partial charge in [0.05, 0.1) is 0 Å². The predicted molar refractivity (Wildman–Crippen MR) is 47.2 cm³/mol. The van der Waals surface area contributed by atoms with Crippen LogP contribution in [-0.4, -0.2) is 75.0 Å². The molecule has 0 saturated heterocycles.